The Morgan fingerprint density at radius 2 is 2.17 bits per heavy atom. The third kappa shape index (κ3) is 4.33. The SMILES string of the molecule is C=CO[SH](=S)=S. The van der Waals surface area contributed by atoms with E-state index in [1.165, 1.54) is 6.26 Å². The van der Waals surface area contributed by atoms with Gasteiger partial charge in [0.2, 0.25) is 0 Å². The van der Waals surface area contributed by atoms with E-state index < -0.39 is 8.29 Å². The lowest BCUT2D eigenvalue weighted by Crippen LogP contribution is -1.66. The summed E-state index contributed by atoms with van der Waals surface area (Å²) >= 11 is 8.93. The highest BCUT2D eigenvalue weighted by molar-refractivity contribution is 8.44. The van der Waals surface area contributed by atoms with Crippen molar-refractivity contribution in [3.05, 3.63) is 12.8 Å². The first-order valence-corrected chi connectivity index (χ1v) is 4.48. The van der Waals surface area contributed by atoms with Crippen LogP contribution < -0.4 is 0 Å². The quantitative estimate of drug-likeness (QED) is 0.438. The van der Waals surface area contributed by atoms with Crippen LogP contribution in [-0.4, -0.2) is 0 Å². The first kappa shape index (κ1) is 6.33. The normalized spacial score (nSPS) is 8.17. The molecule has 0 atom stereocenters. The molecule has 0 aromatic rings. The zero-order valence-electron chi connectivity index (χ0n) is 2.96. The van der Waals surface area contributed by atoms with Crippen LogP contribution in [0.25, 0.3) is 0 Å². The molecule has 0 aromatic carbocycles. The van der Waals surface area contributed by atoms with Gasteiger partial charge in [-0.1, -0.05) is 6.58 Å². The molecule has 0 radical (unpaired) electrons. The Morgan fingerprint density at radius 3 is 2.17 bits per heavy atom. The zero-order valence-corrected chi connectivity index (χ0v) is 5.48. The Labute approximate surface area is 48.0 Å². The summed E-state index contributed by atoms with van der Waals surface area (Å²) in [7, 11) is -1.05. The Balaban J connectivity index is 3.32. The van der Waals surface area contributed by atoms with Crippen molar-refractivity contribution in [2.75, 3.05) is 0 Å². The molecule has 0 fully saturated rings. The second-order valence-electron chi connectivity index (χ2n) is 0.496. The molecule has 0 aliphatic carbocycles. The van der Waals surface area contributed by atoms with Gasteiger partial charge in [-0.2, -0.15) is 0 Å². The van der Waals surface area contributed by atoms with E-state index in [4.69, 9.17) is 0 Å². The van der Waals surface area contributed by atoms with Gasteiger partial charge in [-0.25, -0.2) is 0 Å². The third-order valence-corrected chi connectivity index (χ3v) is 0.998. The molecule has 0 heterocycles. The molecule has 0 spiro atoms. The van der Waals surface area contributed by atoms with Crippen LogP contribution in [0.2, 0.25) is 0 Å². The van der Waals surface area contributed by atoms with Crippen LogP contribution >= 0.6 is 0 Å². The van der Waals surface area contributed by atoms with Crippen LogP contribution in [0.5, 0.6) is 0 Å². The predicted octanol–water partition coefficient (Wildman–Crippen LogP) is 0.336. The monoisotopic (exact) mass is 140 g/mol. The van der Waals surface area contributed by atoms with E-state index in [9.17, 15) is 0 Å². The lowest BCUT2D eigenvalue weighted by molar-refractivity contribution is 0.574. The average molecular weight is 140 g/mol. The molecule has 0 unspecified atom stereocenters. The number of hydrogen-bond donors (Lipinski definition) is 1. The van der Waals surface area contributed by atoms with E-state index in [1.54, 1.807) is 0 Å². The molecule has 1 nitrogen and oxygen atoms in total. The van der Waals surface area contributed by atoms with Crippen molar-refractivity contribution < 1.29 is 4.18 Å². The summed E-state index contributed by atoms with van der Waals surface area (Å²) < 4.78 is 4.50. The molecular formula is C2H4OS3. The second kappa shape index (κ2) is 3.52. The maximum Gasteiger partial charge on any atom is 0.0940 e. The summed E-state index contributed by atoms with van der Waals surface area (Å²) in [4.78, 5) is 0. The van der Waals surface area contributed by atoms with Gasteiger partial charge in [0, 0.05) is 8.29 Å². The van der Waals surface area contributed by atoms with Gasteiger partial charge in [0.15, 0.2) is 0 Å². The van der Waals surface area contributed by atoms with Crippen molar-refractivity contribution in [1.82, 2.24) is 0 Å². The molecule has 0 saturated heterocycles. The van der Waals surface area contributed by atoms with Crippen molar-refractivity contribution in [3.63, 3.8) is 0 Å². The predicted molar refractivity (Wildman–Crippen MR) is 34.8 cm³/mol. The molecule has 36 valence electrons. The fourth-order valence-electron chi connectivity index (χ4n) is 0.0609. The molecule has 0 bridgehead atoms. The lowest BCUT2D eigenvalue weighted by atomic mass is 11.2. The summed E-state index contributed by atoms with van der Waals surface area (Å²) in [5.74, 6) is 0. The topological polar surface area (TPSA) is 9.23 Å². The minimum absolute atomic E-state index is 1.05. The fraction of sp³-hybridized carbons (Fsp3) is 0. The van der Waals surface area contributed by atoms with Gasteiger partial charge in [0.25, 0.3) is 0 Å². The molecule has 6 heavy (non-hydrogen) atoms. The van der Waals surface area contributed by atoms with Gasteiger partial charge in [-0.05, 0) is 22.4 Å². The van der Waals surface area contributed by atoms with Gasteiger partial charge >= 0.3 is 0 Å². The average Bonchev–Trinajstić information content (AvgIpc) is 1.35. The summed E-state index contributed by atoms with van der Waals surface area (Å²) in [6.07, 6.45) is 1.27. The summed E-state index contributed by atoms with van der Waals surface area (Å²) in [6.45, 7) is 3.26. The molecule has 0 aliphatic rings. The van der Waals surface area contributed by atoms with Crippen LogP contribution in [-0.2, 0) is 34.9 Å². The highest BCUT2D eigenvalue weighted by Gasteiger charge is 1.57. The standard InChI is InChI=1S/C2H4OS3/c1-2-3-6(4)5/h2,6H,1H2. The minimum Gasteiger partial charge on any atom is -0.433 e. The summed E-state index contributed by atoms with van der Waals surface area (Å²) in [6, 6.07) is 0. The molecular weight excluding hydrogens is 136 g/mol. The van der Waals surface area contributed by atoms with Crippen molar-refractivity contribution in [2.24, 2.45) is 0 Å². The van der Waals surface area contributed by atoms with Gasteiger partial charge < -0.3 is 4.18 Å². The van der Waals surface area contributed by atoms with Crippen LogP contribution in [0.4, 0.5) is 0 Å². The molecule has 0 amide bonds. The maximum atomic E-state index is 4.50. The minimum atomic E-state index is -1.05. The van der Waals surface area contributed by atoms with E-state index in [0.717, 1.165) is 0 Å². The lowest BCUT2D eigenvalue weighted by Gasteiger charge is -1.81. The highest BCUT2D eigenvalue weighted by Crippen LogP contribution is 1.68. The fourth-order valence-corrected chi connectivity index (χ4v) is 0.548. The molecule has 0 rings (SSSR count). The van der Waals surface area contributed by atoms with E-state index in [0.29, 0.717) is 0 Å². The van der Waals surface area contributed by atoms with Crippen molar-refractivity contribution in [1.29, 1.82) is 0 Å². The van der Waals surface area contributed by atoms with Crippen LogP contribution in [0.15, 0.2) is 12.8 Å². The van der Waals surface area contributed by atoms with E-state index >= 15 is 0 Å². The van der Waals surface area contributed by atoms with Crippen LogP contribution in [0.3, 0.4) is 0 Å². The second-order valence-corrected chi connectivity index (χ2v) is 3.84. The third-order valence-electron chi connectivity index (χ3n) is 0.161. The Bertz CT molecular complexity index is 95.4. The van der Waals surface area contributed by atoms with Crippen molar-refractivity contribution in [3.8, 4) is 0 Å². The van der Waals surface area contributed by atoms with Gasteiger partial charge in [0.05, 0.1) is 6.26 Å². The van der Waals surface area contributed by atoms with Gasteiger partial charge in [0.1, 0.15) is 0 Å². The van der Waals surface area contributed by atoms with Crippen molar-refractivity contribution >= 4 is 30.7 Å². The Kier molecular flexibility index (Phi) is 3.71. The molecule has 4 heteroatoms. The first-order chi connectivity index (χ1) is 2.77. The molecule has 0 aliphatic heterocycles. The van der Waals surface area contributed by atoms with Crippen LogP contribution in [0.1, 0.15) is 0 Å². The summed E-state index contributed by atoms with van der Waals surface area (Å²) in [5, 5.41) is 0. The van der Waals surface area contributed by atoms with Gasteiger partial charge in [-0.15, -0.1) is 0 Å². The van der Waals surface area contributed by atoms with E-state index in [-0.39, 0.29) is 0 Å². The van der Waals surface area contributed by atoms with E-state index in [1.807, 2.05) is 0 Å². The van der Waals surface area contributed by atoms with Gasteiger partial charge in [-0.3, -0.25) is 0 Å². The Hall–Kier alpha value is 0.330. The summed E-state index contributed by atoms with van der Waals surface area (Å²) in [5.41, 5.74) is 0. The Morgan fingerprint density at radius 1 is 1.67 bits per heavy atom. The largest absolute Gasteiger partial charge is 0.433 e. The molecule has 0 aromatic heterocycles. The van der Waals surface area contributed by atoms with Crippen LogP contribution in [0, 0.1) is 0 Å². The smallest absolute Gasteiger partial charge is 0.0940 e. The number of hydrogen-bond acceptors (Lipinski definition) is 3. The van der Waals surface area contributed by atoms with Crippen molar-refractivity contribution in [2.45, 2.75) is 0 Å². The zero-order chi connectivity index (χ0) is 4.99. The first-order valence-electron chi connectivity index (χ1n) is 1.19. The number of thiol groups is 1. The maximum absolute atomic E-state index is 4.50. The number of rotatable bonds is 2. The van der Waals surface area contributed by atoms with E-state index in [2.05, 4.69) is 33.1 Å². The highest BCUT2D eigenvalue weighted by atomic mass is 33.1. The molecule has 0 N–H and O–H groups in total. The molecule has 0 saturated carbocycles.